The third kappa shape index (κ3) is 4.77. The maximum absolute atomic E-state index is 13.2. The monoisotopic (exact) mass is 532 g/mol. The van der Waals surface area contributed by atoms with E-state index in [-0.39, 0.29) is 29.4 Å². The summed E-state index contributed by atoms with van der Waals surface area (Å²) in [6, 6.07) is 8.47. The van der Waals surface area contributed by atoms with Gasteiger partial charge in [-0.05, 0) is 47.9 Å². The summed E-state index contributed by atoms with van der Waals surface area (Å²) in [6.45, 7) is 3.91. The second kappa shape index (κ2) is 9.50. The SMILES string of the molecule is CC(=O)[O-].CC1=NCc2ccc(-c3ccc(S(=O)(=O)C4CNC4)c(S(N)(=O)=O)c3-c3nn[nH]n3)cc21. The highest BCUT2D eigenvalue weighted by molar-refractivity contribution is 7.94. The van der Waals surface area contributed by atoms with Crippen LogP contribution < -0.4 is 15.6 Å². The summed E-state index contributed by atoms with van der Waals surface area (Å²) >= 11 is 0. The molecule has 15 heteroatoms. The molecule has 0 amide bonds. The molecule has 5 rings (SSSR count). The lowest BCUT2D eigenvalue weighted by molar-refractivity contribution is -0.302. The molecule has 2 aliphatic rings. The van der Waals surface area contributed by atoms with Crippen LogP contribution in [0, 0.1) is 0 Å². The number of H-pyrrole nitrogens is 1. The van der Waals surface area contributed by atoms with E-state index >= 15 is 0 Å². The number of fused-ring (bicyclic) bond motifs is 1. The zero-order valence-electron chi connectivity index (χ0n) is 19.2. The molecule has 4 N–H and O–H groups in total. The maximum Gasteiger partial charge on any atom is 0.240 e. The van der Waals surface area contributed by atoms with Gasteiger partial charge in [0.1, 0.15) is 4.90 Å². The number of sulfonamides is 1. The fourth-order valence-corrected chi connectivity index (χ4v) is 7.15. The summed E-state index contributed by atoms with van der Waals surface area (Å²) < 4.78 is 51.9. The number of rotatable bonds is 5. The second-order valence-electron chi connectivity index (χ2n) is 8.19. The molecular formula is C21H22N7O6S2-. The number of hydrogen-bond donors (Lipinski definition) is 3. The predicted octanol–water partition coefficient (Wildman–Crippen LogP) is -0.995. The Morgan fingerprint density at radius 3 is 2.36 bits per heavy atom. The van der Waals surface area contributed by atoms with E-state index in [1.807, 2.05) is 25.1 Å². The summed E-state index contributed by atoms with van der Waals surface area (Å²) in [4.78, 5) is 12.4. The highest BCUT2D eigenvalue weighted by Gasteiger charge is 2.38. The lowest BCUT2D eigenvalue weighted by Crippen LogP contribution is -2.51. The number of aliphatic carboxylic acids is 1. The zero-order chi connectivity index (χ0) is 26.3. The van der Waals surface area contributed by atoms with Crippen molar-refractivity contribution < 1.29 is 26.7 Å². The van der Waals surface area contributed by atoms with Gasteiger partial charge in [-0.3, -0.25) is 4.99 Å². The van der Waals surface area contributed by atoms with Crippen LogP contribution in [-0.2, 0) is 31.2 Å². The van der Waals surface area contributed by atoms with Crippen molar-refractivity contribution in [3.63, 3.8) is 0 Å². The normalized spacial score (nSPS) is 15.4. The van der Waals surface area contributed by atoms with Crippen molar-refractivity contribution in [3.8, 4) is 22.5 Å². The number of aromatic nitrogens is 4. The van der Waals surface area contributed by atoms with Crippen LogP contribution in [0.2, 0.25) is 0 Å². The molecule has 0 radical (unpaired) electrons. The molecule has 0 unspecified atom stereocenters. The summed E-state index contributed by atoms with van der Waals surface area (Å²) in [7, 11) is -8.46. The first-order valence-electron chi connectivity index (χ1n) is 10.6. The molecule has 190 valence electrons. The largest absolute Gasteiger partial charge is 0.550 e. The Morgan fingerprint density at radius 1 is 1.11 bits per heavy atom. The number of aliphatic imine (C=N–C) groups is 1. The van der Waals surface area contributed by atoms with Crippen molar-refractivity contribution >= 4 is 31.5 Å². The number of carbonyl (C=O) groups is 1. The van der Waals surface area contributed by atoms with Gasteiger partial charge in [0.25, 0.3) is 0 Å². The molecular weight excluding hydrogens is 510 g/mol. The number of sulfone groups is 1. The van der Waals surface area contributed by atoms with Crippen LogP contribution in [0.5, 0.6) is 0 Å². The molecule has 0 atom stereocenters. The third-order valence-electron chi connectivity index (χ3n) is 5.76. The molecule has 1 saturated heterocycles. The highest BCUT2D eigenvalue weighted by Crippen LogP contribution is 2.40. The number of carboxylic acids is 1. The Balaban J connectivity index is 0.000000709. The second-order valence-corrected chi connectivity index (χ2v) is 11.9. The molecule has 3 heterocycles. The van der Waals surface area contributed by atoms with Crippen LogP contribution >= 0.6 is 0 Å². The van der Waals surface area contributed by atoms with Gasteiger partial charge in [-0.2, -0.15) is 5.21 Å². The van der Waals surface area contributed by atoms with Crippen molar-refractivity contribution in [1.82, 2.24) is 25.9 Å². The zero-order valence-corrected chi connectivity index (χ0v) is 20.9. The number of nitrogens with two attached hydrogens (primary N) is 1. The van der Waals surface area contributed by atoms with Crippen LogP contribution in [-0.4, -0.2) is 67.5 Å². The van der Waals surface area contributed by atoms with E-state index in [1.165, 1.54) is 6.07 Å². The molecule has 0 spiro atoms. The van der Waals surface area contributed by atoms with Gasteiger partial charge in [0, 0.05) is 30.3 Å². The first-order chi connectivity index (χ1) is 16.9. The van der Waals surface area contributed by atoms with Crippen molar-refractivity contribution in [2.45, 2.75) is 35.4 Å². The van der Waals surface area contributed by atoms with Gasteiger partial charge in [-0.15, -0.1) is 10.2 Å². The number of nitrogens with one attached hydrogen (secondary N) is 2. The highest BCUT2D eigenvalue weighted by atomic mass is 32.2. The molecule has 3 aromatic rings. The average Bonchev–Trinajstić information content (AvgIpc) is 3.40. The smallest absolute Gasteiger partial charge is 0.240 e. The third-order valence-corrected chi connectivity index (χ3v) is 9.05. The van der Waals surface area contributed by atoms with Crippen molar-refractivity contribution in [3.05, 3.63) is 41.5 Å². The first-order valence-corrected chi connectivity index (χ1v) is 13.7. The minimum atomic E-state index is -4.49. The Bertz CT molecular complexity index is 1570. The number of nitrogens with zero attached hydrogens (tertiary/aromatic N) is 4. The molecule has 36 heavy (non-hydrogen) atoms. The van der Waals surface area contributed by atoms with E-state index in [4.69, 9.17) is 15.0 Å². The molecule has 1 aromatic heterocycles. The number of hydrogen-bond acceptors (Lipinski definition) is 11. The number of benzene rings is 2. The van der Waals surface area contributed by atoms with E-state index < -0.39 is 36.0 Å². The lowest BCUT2D eigenvalue weighted by atomic mass is 9.95. The summed E-state index contributed by atoms with van der Waals surface area (Å²) in [6.07, 6.45) is 0. The quantitative estimate of drug-likeness (QED) is 0.364. The van der Waals surface area contributed by atoms with Crippen LogP contribution in [0.15, 0.2) is 45.1 Å². The van der Waals surface area contributed by atoms with Gasteiger partial charge in [-0.25, -0.2) is 22.0 Å². The molecule has 0 saturated carbocycles. The van der Waals surface area contributed by atoms with Gasteiger partial charge in [-0.1, -0.05) is 18.2 Å². The Morgan fingerprint density at radius 2 is 1.81 bits per heavy atom. The fourth-order valence-electron chi connectivity index (χ4n) is 3.97. The molecule has 2 aromatic carbocycles. The lowest BCUT2D eigenvalue weighted by Gasteiger charge is -2.28. The van der Waals surface area contributed by atoms with Crippen molar-refractivity contribution in [2.75, 3.05) is 13.1 Å². The van der Waals surface area contributed by atoms with E-state index in [0.29, 0.717) is 17.7 Å². The van der Waals surface area contributed by atoms with Crippen molar-refractivity contribution in [2.24, 2.45) is 10.1 Å². The van der Waals surface area contributed by atoms with Gasteiger partial charge in [0.15, 0.2) is 9.84 Å². The minimum absolute atomic E-state index is 0.0119. The van der Waals surface area contributed by atoms with E-state index in [2.05, 4.69) is 30.9 Å². The standard InChI is InChI=1S/C19H19N7O4S2.C2H4O2/c1-10-15-6-11(2-3-12(15)7-22-10)14-4-5-16(31(27,28)13-8-21-9-13)18(32(20,29)30)17(14)19-23-25-26-24-19;1-2(3)4/h2-6,13,21H,7-9H2,1H3,(H2,20,29,30)(H,23,24,25,26);1H3,(H,3,4)/p-1. The van der Waals surface area contributed by atoms with Crippen LogP contribution in [0.4, 0.5) is 0 Å². The Hall–Kier alpha value is -3.53. The predicted molar refractivity (Wildman–Crippen MR) is 127 cm³/mol. The number of carboxylic acid groups (broad SMARTS) is 1. The van der Waals surface area contributed by atoms with Gasteiger partial charge >= 0.3 is 0 Å². The van der Waals surface area contributed by atoms with Gasteiger partial charge < -0.3 is 15.2 Å². The van der Waals surface area contributed by atoms with Crippen LogP contribution in [0.1, 0.15) is 25.0 Å². The summed E-state index contributed by atoms with van der Waals surface area (Å²) in [5, 5.41) is 30.3. The Kier molecular flexibility index (Phi) is 6.74. The van der Waals surface area contributed by atoms with E-state index in [9.17, 15) is 16.8 Å². The number of primary sulfonamides is 1. The maximum atomic E-state index is 13.2. The van der Waals surface area contributed by atoms with E-state index in [0.717, 1.165) is 23.8 Å². The summed E-state index contributed by atoms with van der Waals surface area (Å²) in [5.41, 5.74) is 3.92. The number of aromatic amines is 1. The Labute approximate surface area is 206 Å². The van der Waals surface area contributed by atoms with Crippen LogP contribution in [0.3, 0.4) is 0 Å². The first kappa shape index (κ1) is 25.6. The molecule has 0 aliphatic carbocycles. The van der Waals surface area contributed by atoms with Gasteiger partial charge in [0.05, 0.1) is 22.3 Å². The minimum Gasteiger partial charge on any atom is -0.550 e. The summed E-state index contributed by atoms with van der Waals surface area (Å²) in [5.74, 6) is -1.15. The van der Waals surface area contributed by atoms with Crippen LogP contribution in [0.25, 0.3) is 22.5 Å². The topological polar surface area (TPSA) is 213 Å². The molecule has 0 bridgehead atoms. The van der Waals surface area contributed by atoms with E-state index in [1.54, 1.807) is 6.07 Å². The number of carbonyl (C=O) groups excluding carboxylic acids is 1. The number of tetrazole rings is 1. The fraction of sp³-hybridized carbons (Fsp3) is 0.286. The molecule has 1 fully saturated rings. The average molecular weight is 533 g/mol. The van der Waals surface area contributed by atoms with Gasteiger partial charge in [0.2, 0.25) is 15.8 Å². The molecule has 13 nitrogen and oxygen atoms in total. The van der Waals surface area contributed by atoms with Crippen molar-refractivity contribution in [1.29, 1.82) is 0 Å². The molecule has 2 aliphatic heterocycles.